The predicted octanol–water partition coefficient (Wildman–Crippen LogP) is -1.69. The van der Waals surface area contributed by atoms with Crippen LogP contribution in [0.25, 0.3) is 0 Å². The van der Waals surface area contributed by atoms with Crippen molar-refractivity contribution in [3.63, 3.8) is 0 Å². The Kier molecular flexibility index (Phi) is 5.77. The molecular formula is C6H12N2O5. The van der Waals surface area contributed by atoms with Crippen LogP contribution in [0.3, 0.4) is 0 Å². The Labute approximate surface area is 74.4 Å². The molecule has 7 heteroatoms. The topological polar surface area (TPSA) is 122 Å². The summed E-state index contributed by atoms with van der Waals surface area (Å²) in [6.07, 6.45) is -1.20. The van der Waals surface area contributed by atoms with Crippen LogP contribution in [0.1, 0.15) is 6.42 Å². The lowest BCUT2D eigenvalue weighted by atomic mass is 10.2. The number of hydroxylamine groups is 1. The van der Waals surface area contributed by atoms with Gasteiger partial charge in [-0.3, -0.25) is 4.79 Å². The van der Waals surface area contributed by atoms with Crippen molar-refractivity contribution in [3.05, 3.63) is 0 Å². The highest BCUT2D eigenvalue weighted by Gasteiger charge is 2.20. The molecule has 76 valence electrons. The summed E-state index contributed by atoms with van der Waals surface area (Å²) in [5.74, 6) is -2.10. The summed E-state index contributed by atoms with van der Waals surface area (Å²) in [5, 5.41) is 16.6. The molecular weight excluding hydrogens is 180 g/mol. The Morgan fingerprint density at radius 2 is 2.15 bits per heavy atom. The van der Waals surface area contributed by atoms with Crippen molar-refractivity contribution in [1.29, 1.82) is 0 Å². The molecule has 0 radical (unpaired) electrons. The maximum Gasteiger partial charge on any atom is 0.345 e. The molecule has 0 aliphatic heterocycles. The number of carbonyl (C=O) groups is 2. The summed E-state index contributed by atoms with van der Waals surface area (Å²) in [6.45, 7) is -0.342. The lowest BCUT2D eigenvalue weighted by Crippen LogP contribution is -2.32. The summed E-state index contributed by atoms with van der Waals surface area (Å²) in [4.78, 5) is 21.1. The standard InChI is InChI=1S/C6H12N2O5/c7-2-1-4(6(10)11)13-5(9)3-8-12/h4,8,12H,1-3,7H2,(H,10,11). The van der Waals surface area contributed by atoms with E-state index in [1.807, 2.05) is 0 Å². The summed E-state index contributed by atoms with van der Waals surface area (Å²) >= 11 is 0. The predicted molar refractivity (Wildman–Crippen MR) is 41.0 cm³/mol. The van der Waals surface area contributed by atoms with Gasteiger partial charge in [0.15, 0.2) is 6.10 Å². The van der Waals surface area contributed by atoms with Crippen LogP contribution >= 0.6 is 0 Å². The van der Waals surface area contributed by atoms with Gasteiger partial charge in [-0.05, 0) is 6.54 Å². The first-order chi connectivity index (χ1) is 6.11. The second kappa shape index (κ2) is 6.35. The molecule has 0 aromatic heterocycles. The number of aliphatic carboxylic acids is 1. The fourth-order valence-electron chi connectivity index (χ4n) is 0.649. The van der Waals surface area contributed by atoms with Gasteiger partial charge in [-0.1, -0.05) is 0 Å². The smallest absolute Gasteiger partial charge is 0.345 e. The molecule has 5 N–H and O–H groups in total. The van der Waals surface area contributed by atoms with E-state index >= 15 is 0 Å². The van der Waals surface area contributed by atoms with Crippen molar-refractivity contribution in [2.75, 3.05) is 13.1 Å². The third-order valence-electron chi connectivity index (χ3n) is 1.20. The SMILES string of the molecule is NCCC(OC(=O)CNO)C(=O)O. The Balaban J connectivity index is 3.94. The van der Waals surface area contributed by atoms with Crippen molar-refractivity contribution in [3.8, 4) is 0 Å². The second-order valence-corrected chi connectivity index (χ2v) is 2.23. The van der Waals surface area contributed by atoms with Crippen LogP contribution in [0.5, 0.6) is 0 Å². The number of hydrogen-bond acceptors (Lipinski definition) is 6. The van der Waals surface area contributed by atoms with Crippen LogP contribution in [0.4, 0.5) is 0 Å². The van der Waals surface area contributed by atoms with Crippen molar-refractivity contribution in [2.24, 2.45) is 5.73 Å². The Morgan fingerprint density at radius 3 is 2.54 bits per heavy atom. The van der Waals surface area contributed by atoms with Crippen LogP contribution < -0.4 is 11.2 Å². The van der Waals surface area contributed by atoms with Gasteiger partial charge in [0.25, 0.3) is 0 Å². The normalized spacial score (nSPS) is 12.2. The van der Waals surface area contributed by atoms with E-state index in [1.54, 1.807) is 5.48 Å². The molecule has 0 spiro atoms. The van der Waals surface area contributed by atoms with E-state index in [2.05, 4.69) is 4.74 Å². The van der Waals surface area contributed by atoms with Gasteiger partial charge in [0, 0.05) is 6.42 Å². The van der Waals surface area contributed by atoms with Crippen LogP contribution in [-0.4, -0.2) is 41.4 Å². The third kappa shape index (κ3) is 5.12. The van der Waals surface area contributed by atoms with Gasteiger partial charge in [0.05, 0.1) is 0 Å². The zero-order valence-corrected chi connectivity index (χ0v) is 6.90. The number of carbonyl (C=O) groups excluding carboxylic acids is 1. The number of ether oxygens (including phenoxy) is 1. The van der Waals surface area contributed by atoms with Crippen LogP contribution in [0.2, 0.25) is 0 Å². The number of esters is 1. The molecule has 0 fully saturated rings. The van der Waals surface area contributed by atoms with E-state index in [0.29, 0.717) is 0 Å². The van der Waals surface area contributed by atoms with E-state index in [0.717, 1.165) is 0 Å². The van der Waals surface area contributed by atoms with E-state index in [9.17, 15) is 9.59 Å². The molecule has 0 amide bonds. The second-order valence-electron chi connectivity index (χ2n) is 2.23. The Bertz CT molecular complexity index is 184. The minimum absolute atomic E-state index is 0.0481. The zero-order valence-electron chi connectivity index (χ0n) is 6.90. The Hall–Kier alpha value is -1.18. The highest BCUT2D eigenvalue weighted by molar-refractivity contribution is 5.78. The van der Waals surface area contributed by atoms with Crippen LogP contribution in [0.15, 0.2) is 0 Å². The molecule has 1 unspecified atom stereocenters. The first-order valence-corrected chi connectivity index (χ1v) is 3.61. The summed E-state index contributed by atoms with van der Waals surface area (Å²) in [5.41, 5.74) is 6.65. The first-order valence-electron chi connectivity index (χ1n) is 3.61. The molecule has 0 bridgehead atoms. The number of nitrogens with one attached hydrogen (secondary N) is 1. The summed E-state index contributed by atoms with van der Waals surface area (Å²) in [7, 11) is 0. The minimum Gasteiger partial charge on any atom is -0.479 e. The first kappa shape index (κ1) is 11.8. The average Bonchev–Trinajstić information content (AvgIpc) is 2.04. The van der Waals surface area contributed by atoms with E-state index < -0.39 is 24.6 Å². The highest BCUT2D eigenvalue weighted by atomic mass is 16.6. The van der Waals surface area contributed by atoms with Gasteiger partial charge >= 0.3 is 11.9 Å². The van der Waals surface area contributed by atoms with Gasteiger partial charge in [0.1, 0.15) is 6.54 Å². The molecule has 0 aliphatic rings. The van der Waals surface area contributed by atoms with Gasteiger partial charge in [-0.2, -0.15) is 5.48 Å². The van der Waals surface area contributed by atoms with E-state index in [1.165, 1.54) is 0 Å². The third-order valence-corrected chi connectivity index (χ3v) is 1.20. The summed E-state index contributed by atoms with van der Waals surface area (Å²) < 4.78 is 4.45. The lowest BCUT2D eigenvalue weighted by molar-refractivity contribution is -0.164. The van der Waals surface area contributed by atoms with E-state index in [4.69, 9.17) is 16.0 Å². The molecule has 1 atom stereocenters. The van der Waals surface area contributed by atoms with Gasteiger partial charge in [0.2, 0.25) is 0 Å². The number of nitrogens with two attached hydrogens (primary N) is 1. The molecule has 0 rings (SSSR count). The Morgan fingerprint density at radius 1 is 1.54 bits per heavy atom. The van der Waals surface area contributed by atoms with Gasteiger partial charge in [-0.15, -0.1) is 0 Å². The minimum atomic E-state index is -1.25. The monoisotopic (exact) mass is 192 g/mol. The highest BCUT2D eigenvalue weighted by Crippen LogP contribution is 1.97. The van der Waals surface area contributed by atoms with Crippen molar-refractivity contribution in [2.45, 2.75) is 12.5 Å². The molecule has 0 aromatic carbocycles. The average molecular weight is 192 g/mol. The lowest BCUT2D eigenvalue weighted by Gasteiger charge is -2.11. The number of carboxylic acid groups (broad SMARTS) is 1. The quantitative estimate of drug-likeness (QED) is 0.292. The number of carboxylic acids is 1. The van der Waals surface area contributed by atoms with Gasteiger partial charge < -0.3 is 20.8 Å². The maximum atomic E-state index is 10.7. The maximum absolute atomic E-state index is 10.7. The fourth-order valence-corrected chi connectivity index (χ4v) is 0.649. The van der Waals surface area contributed by atoms with Crippen molar-refractivity contribution in [1.82, 2.24) is 5.48 Å². The number of rotatable bonds is 6. The molecule has 0 heterocycles. The zero-order chi connectivity index (χ0) is 10.3. The molecule has 0 aromatic rings. The van der Waals surface area contributed by atoms with Crippen LogP contribution in [0, 0.1) is 0 Å². The fraction of sp³-hybridized carbons (Fsp3) is 0.667. The van der Waals surface area contributed by atoms with Crippen LogP contribution in [-0.2, 0) is 14.3 Å². The molecule has 0 saturated heterocycles. The van der Waals surface area contributed by atoms with E-state index in [-0.39, 0.29) is 13.0 Å². The number of hydrogen-bond donors (Lipinski definition) is 4. The van der Waals surface area contributed by atoms with Gasteiger partial charge in [-0.25, -0.2) is 4.79 Å². The van der Waals surface area contributed by atoms with Crippen molar-refractivity contribution >= 4 is 11.9 Å². The molecule has 0 aliphatic carbocycles. The molecule has 13 heavy (non-hydrogen) atoms. The molecule has 0 saturated carbocycles. The largest absolute Gasteiger partial charge is 0.479 e. The summed E-state index contributed by atoms with van der Waals surface area (Å²) in [6, 6.07) is 0. The van der Waals surface area contributed by atoms with Crippen molar-refractivity contribution < 1.29 is 24.6 Å². The molecule has 7 nitrogen and oxygen atoms in total.